The lowest BCUT2D eigenvalue weighted by Crippen LogP contribution is -2.67. The minimum absolute atomic E-state index is 0.248. The molecule has 0 aromatic carbocycles. The number of carbonyl (C=O) groups excluding carboxylic acids is 1. The van der Waals surface area contributed by atoms with E-state index in [9.17, 15) is 24.5 Å². The first kappa shape index (κ1) is 24.4. The highest BCUT2D eigenvalue weighted by molar-refractivity contribution is 7.99. The highest BCUT2D eigenvalue weighted by Crippen LogP contribution is 2.55. The number of phosphoric ester groups is 1. The van der Waals surface area contributed by atoms with Crippen molar-refractivity contribution in [1.29, 1.82) is 0 Å². The van der Waals surface area contributed by atoms with Crippen molar-refractivity contribution in [3.63, 3.8) is 0 Å². The van der Waals surface area contributed by atoms with Crippen LogP contribution in [0, 0.1) is 5.92 Å². The van der Waals surface area contributed by atoms with Gasteiger partial charge in [-0.15, -0.1) is 11.8 Å². The molecule has 0 radical (unpaired) electrons. The van der Waals surface area contributed by atoms with E-state index in [1.54, 1.807) is 6.26 Å². The zero-order valence-electron chi connectivity index (χ0n) is 17.7. The first-order valence-electron chi connectivity index (χ1n) is 10.3. The van der Waals surface area contributed by atoms with Crippen LogP contribution in [0.25, 0.3) is 0 Å². The lowest BCUT2D eigenvalue weighted by atomic mass is 9.91. The molecule has 0 saturated carbocycles. The van der Waals surface area contributed by atoms with Crippen molar-refractivity contribution in [2.24, 2.45) is 5.92 Å². The molecule has 10 nitrogen and oxygen atoms in total. The van der Waals surface area contributed by atoms with Gasteiger partial charge in [-0.2, -0.15) is 0 Å². The predicted octanol–water partition coefficient (Wildman–Crippen LogP) is 0.306. The van der Waals surface area contributed by atoms with Crippen LogP contribution in [-0.2, 0) is 23.1 Å². The molecule has 3 saturated heterocycles. The van der Waals surface area contributed by atoms with Crippen LogP contribution in [0.4, 0.5) is 0 Å². The minimum atomic E-state index is -4.40. The summed E-state index contributed by atoms with van der Waals surface area (Å²) in [6, 6.07) is -1.27. The Kier molecular flexibility index (Phi) is 7.91. The van der Waals surface area contributed by atoms with Crippen LogP contribution in [0.5, 0.6) is 0 Å². The van der Waals surface area contributed by atoms with E-state index in [1.807, 2.05) is 11.9 Å². The van der Waals surface area contributed by atoms with E-state index in [1.165, 1.54) is 18.7 Å². The predicted molar refractivity (Wildman–Crippen MR) is 111 cm³/mol. The lowest BCUT2D eigenvalue weighted by Gasteiger charge is -2.50. The van der Waals surface area contributed by atoms with E-state index in [0.717, 1.165) is 25.8 Å². The summed E-state index contributed by atoms with van der Waals surface area (Å²) in [5, 5.41) is 23.9. The molecule has 10 atom stereocenters. The normalized spacial score (nSPS) is 43.9. The quantitative estimate of drug-likeness (QED) is 0.386. The number of rotatable bonds is 7. The summed E-state index contributed by atoms with van der Waals surface area (Å²) in [6.45, 7) is 4.44. The van der Waals surface area contributed by atoms with Gasteiger partial charge in [0.1, 0.15) is 29.9 Å². The van der Waals surface area contributed by atoms with Crippen LogP contribution in [0.15, 0.2) is 0 Å². The number of phosphoric acid groups is 1. The largest absolute Gasteiger partial charge is 0.473 e. The molecule has 3 heterocycles. The summed E-state index contributed by atoms with van der Waals surface area (Å²) >= 11 is 1.20. The molecule has 174 valence electrons. The number of likely N-dealkylation sites (tertiary alicyclic amines) is 1. The van der Waals surface area contributed by atoms with E-state index in [2.05, 4.69) is 12.2 Å². The van der Waals surface area contributed by atoms with Crippen molar-refractivity contribution < 1.29 is 38.3 Å². The first-order valence-corrected chi connectivity index (χ1v) is 13.1. The van der Waals surface area contributed by atoms with Crippen molar-refractivity contribution in [1.82, 2.24) is 10.2 Å². The van der Waals surface area contributed by atoms with Crippen LogP contribution in [0.1, 0.15) is 33.1 Å². The summed E-state index contributed by atoms with van der Waals surface area (Å²) in [7, 11) is -2.50. The van der Waals surface area contributed by atoms with Crippen LogP contribution >= 0.6 is 19.6 Å². The van der Waals surface area contributed by atoms with Gasteiger partial charge in [0.15, 0.2) is 0 Å². The van der Waals surface area contributed by atoms with E-state index >= 15 is 0 Å². The first-order chi connectivity index (χ1) is 14.1. The molecule has 4 N–H and O–H groups in total. The average Bonchev–Trinajstić information content (AvgIpc) is 3.02. The number of carbonyl (C=O) groups is 1. The third-order valence-corrected chi connectivity index (χ3v) is 7.98. The maximum atomic E-state index is 13.0. The Bertz CT molecular complexity index is 668. The van der Waals surface area contributed by atoms with Crippen LogP contribution in [0.3, 0.4) is 0 Å². The smallest absolute Gasteiger partial charge is 0.391 e. The Morgan fingerprint density at radius 1 is 1.37 bits per heavy atom. The zero-order chi connectivity index (χ0) is 22.2. The van der Waals surface area contributed by atoms with Crippen molar-refractivity contribution in [2.45, 2.75) is 81.1 Å². The Balaban J connectivity index is 1.78. The number of hydrogen-bond acceptors (Lipinski definition) is 9. The van der Waals surface area contributed by atoms with Gasteiger partial charge in [0.2, 0.25) is 5.91 Å². The maximum Gasteiger partial charge on any atom is 0.473 e. The van der Waals surface area contributed by atoms with E-state index in [4.69, 9.17) is 13.8 Å². The molecule has 12 heteroatoms. The van der Waals surface area contributed by atoms with Gasteiger partial charge in [-0.05, 0) is 39.0 Å². The Hall–Kier alpha value is -0.230. The van der Waals surface area contributed by atoms with Crippen LogP contribution < -0.4 is 5.32 Å². The van der Waals surface area contributed by atoms with E-state index in [0.29, 0.717) is 5.92 Å². The van der Waals surface area contributed by atoms with Crippen molar-refractivity contribution in [2.75, 3.05) is 19.8 Å². The summed E-state index contributed by atoms with van der Waals surface area (Å²) < 4.78 is 28.2. The van der Waals surface area contributed by atoms with Gasteiger partial charge in [-0.1, -0.05) is 13.3 Å². The number of fused-ring (bicyclic) bond motifs is 2. The highest BCUT2D eigenvalue weighted by atomic mass is 32.2. The van der Waals surface area contributed by atoms with Crippen LogP contribution in [-0.4, -0.2) is 93.8 Å². The summed E-state index contributed by atoms with van der Waals surface area (Å²) in [6.07, 6.45) is -1.05. The Morgan fingerprint density at radius 2 is 2.03 bits per heavy atom. The number of amides is 1. The number of ether oxygens (including phenoxy) is 1. The fourth-order valence-corrected chi connectivity index (χ4v) is 6.62. The van der Waals surface area contributed by atoms with E-state index in [-0.39, 0.29) is 11.9 Å². The molecule has 30 heavy (non-hydrogen) atoms. The molecule has 0 aromatic rings. The van der Waals surface area contributed by atoms with Gasteiger partial charge in [0, 0.05) is 6.54 Å². The third-order valence-electron chi connectivity index (χ3n) is 6.12. The van der Waals surface area contributed by atoms with Crippen molar-refractivity contribution >= 4 is 25.5 Å². The van der Waals surface area contributed by atoms with Gasteiger partial charge in [-0.25, -0.2) is 4.57 Å². The molecule has 3 aliphatic rings. The van der Waals surface area contributed by atoms with E-state index < -0.39 is 49.8 Å². The second-order valence-electron chi connectivity index (χ2n) is 8.42. The number of aliphatic hydroxyl groups is 2. The lowest BCUT2D eigenvalue weighted by molar-refractivity contribution is -0.228. The SMILES string of the molecule is CCC[C@@H]1C[C@@H](C(=O)N[C@@H]([C@H]2O[C@H](SC)[C@@H]3OP(=O)(O)O[C@@H]2[C@@H]3O)[C@@H](C)O)N(C)C1. The van der Waals surface area contributed by atoms with Gasteiger partial charge < -0.3 is 25.2 Å². The number of likely N-dealkylation sites (N-methyl/N-ethyl adjacent to an activating group) is 1. The molecule has 1 amide bonds. The topological polar surface area (TPSA) is 138 Å². The van der Waals surface area contributed by atoms with Crippen molar-refractivity contribution in [3.05, 3.63) is 0 Å². The number of aliphatic hydroxyl groups excluding tert-OH is 2. The number of nitrogens with zero attached hydrogens (tertiary/aromatic N) is 1. The minimum Gasteiger partial charge on any atom is -0.391 e. The summed E-state index contributed by atoms with van der Waals surface area (Å²) in [4.78, 5) is 24.9. The van der Waals surface area contributed by atoms with Gasteiger partial charge in [0.25, 0.3) is 0 Å². The van der Waals surface area contributed by atoms with Gasteiger partial charge in [-0.3, -0.25) is 18.7 Å². The second kappa shape index (κ2) is 9.72. The molecule has 0 aliphatic carbocycles. The number of hydrogen-bond donors (Lipinski definition) is 4. The molecule has 1 unspecified atom stereocenters. The standard InChI is InChI=1S/C18H33N2O8PS/c1-5-6-10-7-11(20(3)8-10)17(23)19-12(9(2)21)14-15-13(22)16(18(26-14)30-4)28-29(24,25)27-15/h9-16,18,21-22H,5-8H2,1-4H3,(H,19,23)(H,24,25)/t9-,10-,11+,12-,13+,14-,15-,16-,18-/m1/s1. The molecule has 3 rings (SSSR count). The maximum absolute atomic E-state index is 13.0. The third kappa shape index (κ3) is 5.05. The van der Waals surface area contributed by atoms with Crippen LogP contribution in [0.2, 0.25) is 0 Å². The zero-order valence-corrected chi connectivity index (χ0v) is 19.4. The molecular formula is C18H33N2O8PS. The molecule has 3 aliphatic heterocycles. The molecule has 3 fully saturated rings. The summed E-state index contributed by atoms with van der Waals surface area (Å²) in [5.74, 6) is 0.191. The second-order valence-corrected chi connectivity index (χ2v) is 10.7. The Labute approximate surface area is 181 Å². The fraction of sp³-hybridized carbons (Fsp3) is 0.944. The summed E-state index contributed by atoms with van der Waals surface area (Å²) in [5.41, 5.74) is -0.758. The number of thioether (sulfide) groups is 1. The Morgan fingerprint density at radius 3 is 2.63 bits per heavy atom. The highest BCUT2D eigenvalue weighted by Gasteiger charge is 2.58. The molecule has 0 spiro atoms. The molecule has 0 aromatic heterocycles. The molecular weight excluding hydrogens is 435 g/mol. The average molecular weight is 469 g/mol. The molecule has 2 bridgehead atoms. The number of nitrogens with one attached hydrogen (secondary N) is 1. The monoisotopic (exact) mass is 468 g/mol. The van der Waals surface area contributed by atoms with Gasteiger partial charge in [0.05, 0.1) is 18.2 Å². The van der Waals surface area contributed by atoms with Gasteiger partial charge >= 0.3 is 7.82 Å². The fourth-order valence-electron chi connectivity index (χ4n) is 4.66. The van der Waals surface area contributed by atoms with Crippen molar-refractivity contribution in [3.8, 4) is 0 Å².